The van der Waals surface area contributed by atoms with E-state index in [2.05, 4.69) is 66.2 Å². The number of nitrogens with zero attached hydrogens (tertiary/aromatic N) is 5. The molecule has 4 heterocycles. The zero-order valence-corrected chi connectivity index (χ0v) is 25.9. The molecule has 0 aliphatic rings. The Kier molecular flexibility index (Phi) is 6.97. The number of hydrogen-bond donors (Lipinski definition) is 0. The fraction of sp³-hybridized carbons (Fsp3) is 0.0250. The van der Waals surface area contributed by atoms with Crippen LogP contribution in [0.5, 0.6) is 0 Å². The van der Waals surface area contributed by atoms with E-state index < -0.39 is 0 Å². The quantitative estimate of drug-likeness (QED) is 0.176. The molecule has 8 aromatic rings. The zero-order chi connectivity index (χ0) is 31.0. The van der Waals surface area contributed by atoms with Crippen LogP contribution in [0.1, 0.15) is 23.2 Å². The molecule has 0 aliphatic carbocycles. The lowest BCUT2D eigenvalue weighted by molar-refractivity contribution is 1.03. The van der Waals surface area contributed by atoms with Gasteiger partial charge in [-0.2, -0.15) is 0 Å². The third-order valence-electron chi connectivity index (χ3n) is 8.13. The zero-order valence-electron chi connectivity index (χ0n) is 25.1. The van der Waals surface area contributed by atoms with Gasteiger partial charge in [0.25, 0.3) is 0 Å². The molecule has 5 nitrogen and oxygen atoms in total. The summed E-state index contributed by atoms with van der Waals surface area (Å²) in [5, 5.41) is 3.22. The number of allylic oxidation sites excluding steroid dienone is 1. The van der Waals surface area contributed by atoms with Crippen molar-refractivity contribution in [3.8, 4) is 34.0 Å². The first-order valence-corrected chi connectivity index (χ1v) is 15.9. The summed E-state index contributed by atoms with van der Waals surface area (Å²) in [7, 11) is 0. The second-order valence-corrected chi connectivity index (χ2v) is 12.0. The van der Waals surface area contributed by atoms with Gasteiger partial charge >= 0.3 is 0 Å². The Morgan fingerprint density at radius 2 is 1.33 bits per heavy atom. The van der Waals surface area contributed by atoms with Crippen LogP contribution in [0.3, 0.4) is 0 Å². The van der Waals surface area contributed by atoms with Crippen molar-refractivity contribution in [1.82, 2.24) is 24.9 Å². The van der Waals surface area contributed by atoms with E-state index in [4.69, 9.17) is 19.9 Å². The van der Waals surface area contributed by atoms with Gasteiger partial charge in [-0.05, 0) is 25.1 Å². The smallest absolute Gasteiger partial charge is 0.164 e. The van der Waals surface area contributed by atoms with Gasteiger partial charge in [-0.25, -0.2) is 19.9 Å². The molecule has 0 atom stereocenters. The van der Waals surface area contributed by atoms with E-state index in [1.165, 1.54) is 0 Å². The Bertz CT molecular complexity index is 2390. The molecule has 8 rings (SSSR count). The van der Waals surface area contributed by atoms with E-state index in [1.807, 2.05) is 85.9 Å². The number of aromatic nitrogens is 5. The van der Waals surface area contributed by atoms with E-state index in [0.29, 0.717) is 17.5 Å². The maximum Gasteiger partial charge on any atom is 0.164 e. The Morgan fingerprint density at radius 3 is 2.00 bits per heavy atom. The summed E-state index contributed by atoms with van der Waals surface area (Å²) in [6, 6.07) is 39.0. The lowest BCUT2D eigenvalue weighted by atomic mass is 9.95. The van der Waals surface area contributed by atoms with Gasteiger partial charge in [0.15, 0.2) is 17.5 Å². The molecule has 0 fully saturated rings. The number of benzene rings is 4. The summed E-state index contributed by atoms with van der Waals surface area (Å²) in [5.74, 6) is 1.85. The summed E-state index contributed by atoms with van der Waals surface area (Å²) >= 11 is 1.71. The van der Waals surface area contributed by atoms with Gasteiger partial charge in [-0.1, -0.05) is 116 Å². The minimum absolute atomic E-state index is 0.606. The molecule has 4 aromatic carbocycles. The number of thiophene rings is 1. The van der Waals surface area contributed by atoms with Gasteiger partial charge in [0.2, 0.25) is 0 Å². The number of hydrogen-bond acceptors (Lipinski definition) is 6. The van der Waals surface area contributed by atoms with E-state index in [9.17, 15) is 0 Å². The summed E-state index contributed by atoms with van der Waals surface area (Å²) in [5.41, 5.74) is 7.51. The molecule has 0 spiro atoms. The fourth-order valence-corrected chi connectivity index (χ4v) is 7.07. The van der Waals surface area contributed by atoms with E-state index >= 15 is 0 Å². The molecule has 0 amide bonds. The van der Waals surface area contributed by atoms with Crippen molar-refractivity contribution in [1.29, 1.82) is 0 Å². The van der Waals surface area contributed by atoms with Crippen LogP contribution < -0.4 is 0 Å². The van der Waals surface area contributed by atoms with Crippen molar-refractivity contribution in [2.75, 3.05) is 0 Å². The largest absolute Gasteiger partial charge is 0.254 e. The van der Waals surface area contributed by atoms with E-state index in [0.717, 1.165) is 70.3 Å². The molecule has 0 saturated heterocycles. The van der Waals surface area contributed by atoms with Crippen molar-refractivity contribution in [2.24, 2.45) is 0 Å². The monoisotopic (exact) mass is 609 g/mol. The third kappa shape index (κ3) is 4.76. The highest BCUT2D eigenvalue weighted by Crippen LogP contribution is 2.43. The molecule has 46 heavy (non-hydrogen) atoms. The Hall–Kier alpha value is -5.85. The second-order valence-electron chi connectivity index (χ2n) is 10.9. The molecule has 4 aromatic heterocycles. The maximum absolute atomic E-state index is 5.22. The highest BCUT2D eigenvalue weighted by atomic mass is 32.1. The van der Waals surface area contributed by atoms with Crippen LogP contribution in [0.4, 0.5) is 0 Å². The van der Waals surface area contributed by atoms with Crippen molar-refractivity contribution in [2.45, 2.75) is 6.92 Å². The molecule has 0 N–H and O–H groups in total. The van der Waals surface area contributed by atoms with Crippen LogP contribution in [-0.4, -0.2) is 24.9 Å². The molecular weight excluding hydrogens is 583 g/mol. The first kappa shape index (κ1) is 27.7. The van der Waals surface area contributed by atoms with Crippen molar-refractivity contribution in [3.63, 3.8) is 0 Å². The predicted octanol–water partition coefficient (Wildman–Crippen LogP) is 10.3. The standard InChI is InChI=1S/C40H27N5S/c1-3-29(40-44-38(27-13-7-5-8-14-27)43-39(45-40)28-15-9-6-10-16-28)34-32(4-2)46-33-19-11-18-30(35(33)34)31-23-22-26-21-20-25-17-12-24-41-36(25)37(26)42-31/h3-24H,2H2,1H3/b29-3+. The average Bonchev–Trinajstić information content (AvgIpc) is 3.51. The van der Waals surface area contributed by atoms with Gasteiger partial charge in [0, 0.05) is 59.8 Å². The van der Waals surface area contributed by atoms with Crippen LogP contribution in [0.2, 0.25) is 0 Å². The summed E-state index contributed by atoms with van der Waals surface area (Å²) in [6.07, 6.45) is 5.84. The van der Waals surface area contributed by atoms with E-state index in [1.54, 1.807) is 11.3 Å². The highest BCUT2D eigenvalue weighted by Gasteiger charge is 2.23. The van der Waals surface area contributed by atoms with Crippen LogP contribution in [0.25, 0.3) is 77.6 Å². The maximum atomic E-state index is 5.22. The lowest BCUT2D eigenvalue weighted by Gasteiger charge is -2.13. The van der Waals surface area contributed by atoms with Crippen LogP contribution in [0, 0.1) is 0 Å². The molecule has 0 bridgehead atoms. The van der Waals surface area contributed by atoms with Gasteiger partial charge in [0.1, 0.15) is 0 Å². The molecule has 6 heteroatoms. The van der Waals surface area contributed by atoms with Gasteiger partial charge in [0.05, 0.1) is 16.7 Å². The first-order chi connectivity index (χ1) is 22.7. The predicted molar refractivity (Wildman–Crippen MR) is 191 cm³/mol. The van der Waals surface area contributed by atoms with Crippen LogP contribution >= 0.6 is 11.3 Å². The van der Waals surface area contributed by atoms with Gasteiger partial charge < -0.3 is 0 Å². The highest BCUT2D eigenvalue weighted by molar-refractivity contribution is 7.20. The van der Waals surface area contributed by atoms with Crippen LogP contribution in [0.15, 0.2) is 134 Å². The van der Waals surface area contributed by atoms with Crippen LogP contribution in [-0.2, 0) is 0 Å². The minimum atomic E-state index is 0.606. The van der Waals surface area contributed by atoms with E-state index in [-0.39, 0.29) is 0 Å². The van der Waals surface area contributed by atoms with Gasteiger partial charge in [-0.15, -0.1) is 11.3 Å². The average molecular weight is 610 g/mol. The molecule has 0 aliphatic heterocycles. The summed E-state index contributed by atoms with van der Waals surface area (Å²) < 4.78 is 1.14. The normalized spacial score (nSPS) is 11.8. The molecule has 0 saturated carbocycles. The SMILES string of the molecule is C=Cc1sc2cccc(-c3ccc4ccc5cccnc5c4n3)c2c1/C(=C\C)c1nc(-c2ccccc2)nc(-c2ccccc2)n1. The Balaban J connectivity index is 1.37. The number of pyridine rings is 2. The lowest BCUT2D eigenvalue weighted by Crippen LogP contribution is -2.04. The summed E-state index contributed by atoms with van der Waals surface area (Å²) in [6.45, 7) is 6.25. The van der Waals surface area contributed by atoms with Gasteiger partial charge in [-0.3, -0.25) is 4.98 Å². The molecular formula is C40H27N5S. The van der Waals surface area contributed by atoms with Crippen molar-refractivity contribution >= 4 is 54.9 Å². The topological polar surface area (TPSA) is 64.5 Å². The molecule has 0 unspecified atom stereocenters. The number of rotatable bonds is 6. The second kappa shape index (κ2) is 11.6. The third-order valence-corrected chi connectivity index (χ3v) is 9.29. The minimum Gasteiger partial charge on any atom is -0.254 e. The summed E-state index contributed by atoms with van der Waals surface area (Å²) in [4.78, 5) is 26.0. The Morgan fingerprint density at radius 1 is 0.652 bits per heavy atom. The van der Waals surface area contributed by atoms with Crippen molar-refractivity contribution in [3.05, 3.63) is 150 Å². The fourth-order valence-electron chi connectivity index (χ4n) is 5.98. The van der Waals surface area contributed by atoms with Crippen molar-refractivity contribution < 1.29 is 0 Å². The first-order valence-electron chi connectivity index (χ1n) is 15.1. The molecule has 0 radical (unpaired) electrons. The molecule has 218 valence electrons. The Labute approximate surface area is 270 Å². The number of fused-ring (bicyclic) bond motifs is 4.